The Morgan fingerprint density at radius 2 is 1.95 bits per heavy atom. The molecule has 0 amide bonds. The van der Waals surface area contributed by atoms with Gasteiger partial charge in [-0.3, -0.25) is 9.36 Å². The van der Waals surface area contributed by atoms with E-state index in [9.17, 15) is 0 Å². The maximum atomic E-state index is 4.68. The maximum absolute atomic E-state index is 4.68. The highest BCUT2D eigenvalue weighted by molar-refractivity contribution is 5.25. The lowest BCUT2D eigenvalue weighted by Crippen LogP contribution is -2.37. The van der Waals surface area contributed by atoms with E-state index in [0.29, 0.717) is 0 Å². The first-order chi connectivity index (χ1) is 9.76. The topological polar surface area (TPSA) is 47.7 Å². The fourth-order valence-corrected chi connectivity index (χ4v) is 2.54. The van der Waals surface area contributed by atoms with Crippen LogP contribution in [0.1, 0.15) is 43.3 Å². The SMILES string of the molecule is Cc1nn(Cc2cnn(C)c2)c(C)c1CCNC(C)(C)C. The van der Waals surface area contributed by atoms with Gasteiger partial charge in [-0.1, -0.05) is 0 Å². The van der Waals surface area contributed by atoms with Crippen LogP contribution < -0.4 is 5.32 Å². The second kappa shape index (κ2) is 6.02. The smallest absolute Gasteiger partial charge is 0.0693 e. The molecular weight excluding hydrogens is 262 g/mol. The molecule has 5 nitrogen and oxygen atoms in total. The molecule has 0 spiro atoms. The zero-order valence-electron chi connectivity index (χ0n) is 14.1. The van der Waals surface area contributed by atoms with Gasteiger partial charge in [-0.05, 0) is 53.1 Å². The van der Waals surface area contributed by atoms with Crippen molar-refractivity contribution >= 4 is 0 Å². The molecule has 0 saturated heterocycles. The van der Waals surface area contributed by atoms with E-state index in [-0.39, 0.29) is 5.54 Å². The number of nitrogens with zero attached hydrogens (tertiary/aromatic N) is 4. The number of rotatable bonds is 5. The summed E-state index contributed by atoms with van der Waals surface area (Å²) in [6.45, 7) is 12.6. The summed E-state index contributed by atoms with van der Waals surface area (Å²) in [5.41, 5.74) is 5.09. The summed E-state index contributed by atoms with van der Waals surface area (Å²) in [5, 5.41) is 12.4. The van der Waals surface area contributed by atoms with Crippen LogP contribution in [0.15, 0.2) is 12.4 Å². The molecule has 0 atom stereocenters. The lowest BCUT2D eigenvalue weighted by atomic mass is 10.1. The second-order valence-electron chi connectivity index (χ2n) is 6.76. The highest BCUT2D eigenvalue weighted by atomic mass is 15.3. The zero-order valence-corrected chi connectivity index (χ0v) is 14.1. The van der Waals surface area contributed by atoms with Gasteiger partial charge in [0.2, 0.25) is 0 Å². The van der Waals surface area contributed by atoms with Crippen molar-refractivity contribution in [2.24, 2.45) is 7.05 Å². The first-order valence-electron chi connectivity index (χ1n) is 7.52. The van der Waals surface area contributed by atoms with Crippen molar-refractivity contribution in [3.63, 3.8) is 0 Å². The van der Waals surface area contributed by atoms with Crippen molar-refractivity contribution in [3.8, 4) is 0 Å². The van der Waals surface area contributed by atoms with Gasteiger partial charge in [0.15, 0.2) is 0 Å². The van der Waals surface area contributed by atoms with Crippen LogP contribution in [-0.2, 0) is 20.0 Å². The predicted molar refractivity (Wildman–Crippen MR) is 85.5 cm³/mol. The molecule has 0 fully saturated rings. The first-order valence-corrected chi connectivity index (χ1v) is 7.52. The average Bonchev–Trinajstić information content (AvgIpc) is 2.87. The summed E-state index contributed by atoms with van der Waals surface area (Å²) >= 11 is 0. The molecule has 2 heterocycles. The Balaban J connectivity index is 2.06. The summed E-state index contributed by atoms with van der Waals surface area (Å²) in [7, 11) is 1.94. The van der Waals surface area contributed by atoms with Crippen LogP contribution in [0.2, 0.25) is 0 Å². The third kappa shape index (κ3) is 4.17. The van der Waals surface area contributed by atoms with Gasteiger partial charge in [0.1, 0.15) is 0 Å². The van der Waals surface area contributed by atoms with Gasteiger partial charge >= 0.3 is 0 Å². The molecule has 0 unspecified atom stereocenters. The molecule has 0 aliphatic carbocycles. The van der Waals surface area contributed by atoms with E-state index in [0.717, 1.165) is 25.2 Å². The Hall–Kier alpha value is -1.62. The Bertz CT molecular complexity index is 601. The normalized spacial score (nSPS) is 12.1. The minimum absolute atomic E-state index is 0.160. The van der Waals surface area contributed by atoms with Crippen LogP contribution >= 0.6 is 0 Å². The Morgan fingerprint density at radius 1 is 1.24 bits per heavy atom. The molecule has 116 valence electrons. The number of nitrogens with one attached hydrogen (secondary N) is 1. The summed E-state index contributed by atoms with van der Waals surface area (Å²) in [5.74, 6) is 0. The fourth-order valence-electron chi connectivity index (χ4n) is 2.54. The largest absolute Gasteiger partial charge is 0.312 e. The monoisotopic (exact) mass is 289 g/mol. The zero-order chi connectivity index (χ0) is 15.6. The third-order valence-electron chi connectivity index (χ3n) is 3.65. The quantitative estimate of drug-likeness (QED) is 0.918. The molecule has 0 radical (unpaired) electrons. The molecule has 1 N–H and O–H groups in total. The lowest BCUT2D eigenvalue weighted by molar-refractivity contribution is 0.429. The molecule has 21 heavy (non-hydrogen) atoms. The van der Waals surface area contributed by atoms with Crippen molar-refractivity contribution in [3.05, 3.63) is 34.9 Å². The number of hydrogen-bond donors (Lipinski definition) is 1. The molecule has 0 saturated carbocycles. The fraction of sp³-hybridized carbons (Fsp3) is 0.625. The van der Waals surface area contributed by atoms with E-state index >= 15 is 0 Å². The molecule has 0 aromatic carbocycles. The van der Waals surface area contributed by atoms with E-state index in [4.69, 9.17) is 0 Å². The molecule has 2 aromatic rings. The molecule has 2 rings (SSSR count). The summed E-state index contributed by atoms with van der Waals surface area (Å²) in [4.78, 5) is 0. The van der Waals surface area contributed by atoms with E-state index < -0.39 is 0 Å². The highest BCUT2D eigenvalue weighted by Crippen LogP contribution is 2.15. The van der Waals surface area contributed by atoms with Crippen LogP contribution in [0.25, 0.3) is 0 Å². The Labute approximate surface area is 127 Å². The second-order valence-corrected chi connectivity index (χ2v) is 6.76. The van der Waals surface area contributed by atoms with Crippen molar-refractivity contribution in [2.45, 2.75) is 53.1 Å². The van der Waals surface area contributed by atoms with E-state index in [2.05, 4.69) is 54.8 Å². The number of hydrogen-bond acceptors (Lipinski definition) is 3. The van der Waals surface area contributed by atoms with Crippen molar-refractivity contribution in [1.29, 1.82) is 0 Å². The molecule has 0 aliphatic rings. The standard InChI is InChI=1S/C16H27N5/c1-12-15(7-8-17-16(3,4)5)13(2)21(19-12)11-14-9-18-20(6)10-14/h9-10,17H,7-8,11H2,1-6H3. The number of aromatic nitrogens is 4. The van der Waals surface area contributed by atoms with Gasteiger partial charge in [0, 0.05) is 30.0 Å². The summed E-state index contributed by atoms with van der Waals surface area (Å²) < 4.78 is 3.91. The molecule has 0 aliphatic heterocycles. The van der Waals surface area contributed by atoms with Crippen LogP contribution in [0.5, 0.6) is 0 Å². The molecule has 5 heteroatoms. The van der Waals surface area contributed by atoms with E-state index in [1.54, 1.807) is 0 Å². The van der Waals surface area contributed by atoms with Crippen LogP contribution in [0, 0.1) is 13.8 Å². The van der Waals surface area contributed by atoms with E-state index in [1.807, 2.05) is 24.1 Å². The van der Waals surface area contributed by atoms with Crippen molar-refractivity contribution in [1.82, 2.24) is 24.9 Å². The third-order valence-corrected chi connectivity index (χ3v) is 3.65. The van der Waals surface area contributed by atoms with Gasteiger partial charge in [-0.2, -0.15) is 10.2 Å². The Morgan fingerprint density at radius 3 is 2.52 bits per heavy atom. The van der Waals surface area contributed by atoms with Gasteiger partial charge in [0.25, 0.3) is 0 Å². The van der Waals surface area contributed by atoms with Gasteiger partial charge in [0.05, 0.1) is 18.4 Å². The number of aryl methyl sites for hydroxylation is 2. The van der Waals surface area contributed by atoms with Crippen LogP contribution in [-0.4, -0.2) is 31.6 Å². The first kappa shape index (κ1) is 15.8. The van der Waals surface area contributed by atoms with Crippen LogP contribution in [0.3, 0.4) is 0 Å². The van der Waals surface area contributed by atoms with E-state index in [1.165, 1.54) is 16.8 Å². The highest BCUT2D eigenvalue weighted by Gasteiger charge is 2.14. The predicted octanol–water partition coefficient (Wildman–Crippen LogP) is 2.21. The van der Waals surface area contributed by atoms with Crippen molar-refractivity contribution in [2.75, 3.05) is 6.54 Å². The summed E-state index contributed by atoms with van der Waals surface area (Å²) in [6.07, 6.45) is 4.95. The minimum atomic E-state index is 0.160. The van der Waals surface area contributed by atoms with Crippen LogP contribution in [0.4, 0.5) is 0 Å². The Kier molecular flexibility index (Phi) is 4.52. The lowest BCUT2D eigenvalue weighted by Gasteiger charge is -2.20. The van der Waals surface area contributed by atoms with Gasteiger partial charge in [-0.15, -0.1) is 0 Å². The molecular formula is C16H27N5. The van der Waals surface area contributed by atoms with Crippen molar-refractivity contribution < 1.29 is 0 Å². The average molecular weight is 289 g/mol. The van der Waals surface area contributed by atoms with Gasteiger partial charge < -0.3 is 5.32 Å². The van der Waals surface area contributed by atoms with Gasteiger partial charge in [-0.25, -0.2) is 0 Å². The molecule has 0 bridgehead atoms. The summed E-state index contributed by atoms with van der Waals surface area (Å²) in [6, 6.07) is 0. The minimum Gasteiger partial charge on any atom is -0.312 e. The maximum Gasteiger partial charge on any atom is 0.0693 e. The molecule has 2 aromatic heterocycles.